The van der Waals surface area contributed by atoms with Gasteiger partial charge in [-0.2, -0.15) is 26.0 Å². The minimum Gasteiger partial charge on any atom is -0.489 e. The van der Waals surface area contributed by atoms with Gasteiger partial charge in [-0.1, -0.05) is 66.7 Å². The maximum absolute atomic E-state index is 9.82. The van der Waals surface area contributed by atoms with Gasteiger partial charge in [0.25, 0.3) is 0 Å². The second-order valence-corrected chi connectivity index (χ2v) is 27.8. The van der Waals surface area contributed by atoms with Crippen molar-refractivity contribution < 1.29 is 33.5 Å². The normalized spacial score (nSPS) is 16.3. The van der Waals surface area contributed by atoms with Crippen LogP contribution >= 0.6 is 0 Å². The monoisotopic (exact) mass is 1360 g/mol. The smallest absolute Gasteiger partial charge is 0.137 e. The van der Waals surface area contributed by atoms with Crippen molar-refractivity contribution in [3.8, 4) is 96.9 Å². The summed E-state index contributed by atoms with van der Waals surface area (Å²) in [5.74, 6) is 1.29. The van der Waals surface area contributed by atoms with Gasteiger partial charge in [0.05, 0.1) is 92.1 Å². The number of fused-ring (bicyclic) bond motifs is 3. The molecular weight excluding hydrogens is 1280 g/mol. The lowest BCUT2D eigenvalue weighted by Crippen LogP contribution is -2.51. The van der Waals surface area contributed by atoms with E-state index in [4.69, 9.17) is 28.4 Å². The zero-order chi connectivity index (χ0) is 69.7. The number of H-pyrrole nitrogens is 3. The SMILES string of the molecule is CC(C)(C)n1cc(-c2cc3c(-c4ccc(OC5CCOCC5)c(C#N)c4)cccc3[nH]2)cn1.N#Cc1cc(-c2cccc3[nH]c(-c4ccc(N5CCOCC5)cc4)cc23)ccc1N1CC(O)C1.N#Cc1cc(-c2cccc3[nH]c(-c4cnn(C5CCOCC5)c4)cc23)ccc1OC1CCOCC1. The van der Waals surface area contributed by atoms with Gasteiger partial charge in [-0.3, -0.25) is 9.36 Å². The Morgan fingerprint density at radius 1 is 0.461 bits per heavy atom. The third-order valence-corrected chi connectivity index (χ3v) is 20.0. The molecule has 5 aliphatic rings. The van der Waals surface area contributed by atoms with Gasteiger partial charge in [-0.25, -0.2) is 0 Å². The molecule has 0 saturated carbocycles. The zero-order valence-electron chi connectivity index (χ0n) is 57.7. The number of nitrogens with zero attached hydrogens (tertiary/aromatic N) is 9. The fraction of sp³-hybridized carbons (Fsp3) is 0.313. The van der Waals surface area contributed by atoms with Crippen molar-refractivity contribution in [3.05, 3.63) is 193 Å². The second kappa shape index (κ2) is 29.7. The van der Waals surface area contributed by atoms with Gasteiger partial charge in [0.2, 0.25) is 0 Å². The standard InChI is InChI=1S/C28H28N4O3.C28H26N4O2.C27H28N4O2/c29-16-20-14-19(4-5-28(20)35-23-8-12-34-13-9-23)24-2-1-3-26-25(24)15-27(31-26)21-17-30-32(18-21)22-6-10-33-11-7-22;29-16-21-14-20(6-9-28(21)32-17-23(33)18-32)24-2-1-3-26-25(24)15-27(30-26)19-4-7-22(8-5-19)31-10-12-34-13-11-31;1-27(2,3)31-17-20(16-29-31)25-14-23-22(5-4-6-24(23)30-25)18-7-8-26(19(13-18)15-28)33-21-9-11-32-12-10-21/h1-5,14-15,17-18,22-23,31H,6-13H2;1-9,14-15,23,30,33H,10-13,17-18H2;4-8,13-14,16-17,21,30H,9-12H2,1-3H3. The van der Waals surface area contributed by atoms with E-state index in [9.17, 15) is 20.9 Å². The molecule has 7 aromatic carbocycles. The summed E-state index contributed by atoms with van der Waals surface area (Å²) in [4.78, 5) is 15.0. The molecule has 5 aliphatic heterocycles. The molecule has 0 radical (unpaired) electrons. The molecule has 0 atom stereocenters. The topological polar surface area (TPSA) is 236 Å². The molecular formula is C83H82N12O7. The van der Waals surface area contributed by atoms with Crippen molar-refractivity contribution >= 4 is 44.1 Å². The van der Waals surface area contributed by atoms with E-state index in [1.165, 1.54) is 5.69 Å². The summed E-state index contributed by atoms with van der Waals surface area (Å²) in [6.07, 6.45) is 13.3. The van der Waals surface area contributed by atoms with Crippen molar-refractivity contribution in [3.63, 3.8) is 0 Å². The predicted molar refractivity (Wildman–Crippen MR) is 398 cm³/mol. The van der Waals surface area contributed by atoms with Gasteiger partial charge in [0.1, 0.15) is 41.9 Å². The predicted octanol–water partition coefficient (Wildman–Crippen LogP) is 15.8. The summed E-state index contributed by atoms with van der Waals surface area (Å²) in [5.41, 5.74) is 19.6. The molecule has 0 amide bonds. The molecule has 4 N–H and O–H groups in total. The Labute approximate surface area is 593 Å². The third-order valence-electron chi connectivity index (χ3n) is 20.0. The number of nitrogens with one attached hydrogen (secondary N) is 3. The highest BCUT2D eigenvalue weighted by molar-refractivity contribution is 6.01. The van der Waals surface area contributed by atoms with E-state index in [0.717, 1.165) is 184 Å². The van der Waals surface area contributed by atoms with E-state index in [1.807, 2.05) is 88.7 Å². The van der Waals surface area contributed by atoms with Crippen LogP contribution in [0.1, 0.15) is 82.0 Å². The number of aromatic nitrogens is 7. The lowest BCUT2D eigenvalue weighted by molar-refractivity contribution is 0.0252. The summed E-state index contributed by atoms with van der Waals surface area (Å²) in [7, 11) is 0. The summed E-state index contributed by atoms with van der Waals surface area (Å²) < 4.78 is 38.1. The van der Waals surface area contributed by atoms with Crippen molar-refractivity contribution in [2.75, 3.05) is 88.8 Å². The first-order valence-corrected chi connectivity index (χ1v) is 35.4. The van der Waals surface area contributed by atoms with Crippen LogP contribution in [-0.2, 0) is 24.5 Å². The van der Waals surface area contributed by atoms with E-state index in [1.54, 1.807) is 0 Å². The van der Waals surface area contributed by atoms with Gasteiger partial charge >= 0.3 is 0 Å². The van der Waals surface area contributed by atoms with Crippen LogP contribution in [0.4, 0.5) is 11.4 Å². The second-order valence-electron chi connectivity index (χ2n) is 27.8. The average molecular weight is 1360 g/mol. The molecule has 17 rings (SSSR count). The molecule has 102 heavy (non-hydrogen) atoms. The quantitative estimate of drug-likeness (QED) is 0.0840. The number of aliphatic hydroxyl groups is 1. The Kier molecular flexibility index (Phi) is 19.5. The fourth-order valence-corrected chi connectivity index (χ4v) is 14.3. The van der Waals surface area contributed by atoms with Crippen LogP contribution in [-0.4, -0.2) is 137 Å². The van der Waals surface area contributed by atoms with E-state index < -0.39 is 0 Å². The number of β-amino-alcohol motifs (C(OH)–C–C–N with tert-alkyl or cyclic N) is 1. The average Bonchev–Trinajstić information content (AvgIpc) is 1.52. The van der Waals surface area contributed by atoms with Crippen LogP contribution in [0.15, 0.2) is 176 Å². The Balaban J connectivity index is 0.000000124. The maximum atomic E-state index is 9.82. The van der Waals surface area contributed by atoms with E-state index >= 15 is 0 Å². The van der Waals surface area contributed by atoms with Gasteiger partial charge in [-0.05, 0) is 157 Å². The number of ether oxygens (including phenoxy) is 6. The molecule has 0 unspecified atom stereocenters. The number of benzene rings is 7. The number of rotatable bonds is 13. The molecule has 19 nitrogen and oxygen atoms in total. The Bertz CT molecular complexity index is 5080. The van der Waals surface area contributed by atoms with Crippen molar-refractivity contribution in [2.45, 2.75) is 89.2 Å². The van der Waals surface area contributed by atoms with Gasteiger partial charge in [0.15, 0.2) is 0 Å². The molecule has 5 saturated heterocycles. The van der Waals surface area contributed by atoms with Crippen LogP contribution in [0.25, 0.3) is 99.9 Å². The van der Waals surface area contributed by atoms with Crippen LogP contribution in [0.2, 0.25) is 0 Å². The molecule has 516 valence electrons. The number of morpholine rings is 1. The van der Waals surface area contributed by atoms with Gasteiger partial charge in [0, 0.05) is 144 Å². The molecule has 10 heterocycles. The maximum Gasteiger partial charge on any atom is 0.137 e. The number of hydrogen-bond donors (Lipinski definition) is 4. The fourth-order valence-electron chi connectivity index (χ4n) is 14.3. The van der Waals surface area contributed by atoms with Crippen molar-refractivity contribution in [1.82, 2.24) is 34.5 Å². The zero-order valence-corrected chi connectivity index (χ0v) is 57.7. The summed E-state index contributed by atoms with van der Waals surface area (Å²) in [6.45, 7) is 15.4. The van der Waals surface area contributed by atoms with Gasteiger partial charge in [-0.15, -0.1) is 0 Å². The summed E-state index contributed by atoms with van der Waals surface area (Å²) in [5, 5.41) is 51.5. The van der Waals surface area contributed by atoms with Crippen LogP contribution in [0.3, 0.4) is 0 Å². The molecule has 0 bridgehead atoms. The highest BCUT2D eigenvalue weighted by Gasteiger charge is 2.28. The third kappa shape index (κ3) is 14.5. The minimum atomic E-state index is -0.304. The van der Waals surface area contributed by atoms with E-state index in [2.05, 4.69) is 171 Å². The number of hydrogen-bond acceptors (Lipinski definition) is 14. The highest BCUT2D eigenvalue weighted by atomic mass is 16.5. The largest absolute Gasteiger partial charge is 0.489 e. The van der Waals surface area contributed by atoms with Gasteiger partial charge < -0.3 is 58.3 Å². The van der Waals surface area contributed by atoms with Crippen molar-refractivity contribution in [1.29, 1.82) is 15.8 Å². The Hall–Kier alpha value is -11.0. The highest BCUT2D eigenvalue weighted by Crippen LogP contribution is 2.40. The first-order chi connectivity index (χ1) is 49.9. The van der Waals surface area contributed by atoms with Crippen LogP contribution in [0, 0.1) is 34.0 Å². The molecule has 0 spiro atoms. The van der Waals surface area contributed by atoms with E-state index in [-0.39, 0.29) is 23.9 Å². The lowest BCUT2D eigenvalue weighted by Gasteiger charge is -2.38. The number of anilines is 2. The lowest BCUT2D eigenvalue weighted by atomic mass is 9.97. The first-order valence-electron chi connectivity index (χ1n) is 35.4. The van der Waals surface area contributed by atoms with E-state index in [0.29, 0.717) is 73.7 Å². The summed E-state index contributed by atoms with van der Waals surface area (Å²) in [6, 6.07) is 59.1. The summed E-state index contributed by atoms with van der Waals surface area (Å²) >= 11 is 0. The number of aromatic amines is 3. The first kappa shape index (κ1) is 66.9. The van der Waals surface area contributed by atoms with Crippen LogP contribution < -0.4 is 19.3 Å². The Morgan fingerprint density at radius 2 is 0.892 bits per heavy atom. The molecule has 12 aromatic rings. The molecule has 5 aromatic heterocycles. The number of nitriles is 3. The number of aliphatic hydroxyl groups excluding tert-OH is 1. The molecule has 19 heteroatoms. The minimum absolute atomic E-state index is 0.0718. The Morgan fingerprint density at radius 3 is 1.36 bits per heavy atom. The van der Waals surface area contributed by atoms with Crippen LogP contribution in [0.5, 0.6) is 11.5 Å². The molecule has 5 fully saturated rings. The van der Waals surface area contributed by atoms with Crippen molar-refractivity contribution in [2.24, 2.45) is 0 Å². The molecule has 0 aliphatic carbocycles.